The molecule has 146 valence electrons. The van der Waals surface area contributed by atoms with Crippen molar-refractivity contribution in [2.75, 3.05) is 43.1 Å². The Morgan fingerprint density at radius 2 is 1.34 bits per heavy atom. The molecule has 0 fully saturated rings. The second kappa shape index (κ2) is 7.47. The fourth-order valence-electron chi connectivity index (χ4n) is 3.64. The van der Waals surface area contributed by atoms with Crippen molar-refractivity contribution in [3.05, 3.63) is 54.6 Å². The van der Waals surface area contributed by atoms with Gasteiger partial charge in [0.15, 0.2) is 11.5 Å². The molecule has 0 spiro atoms. The highest BCUT2D eigenvalue weighted by Gasteiger charge is 2.17. The van der Waals surface area contributed by atoms with Crippen LogP contribution in [0, 0.1) is 0 Å². The van der Waals surface area contributed by atoms with Gasteiger partial charge in [-0.25, -0.2) is 0 Å². The van der Waals surface area contributed by atoms with Crippen LogP contribution in [-0.2, 0) is 0 Å². The maximum Gasteiger partial charge on any atom is 0.176 e. The molecule has 2 aliphatic heterocycles. The highest BCUT2D eigenvalue weighted by molar-refractivity contribution is 5.83. The van der Waals surface area contributed by atoms with E-state index in [2.05, 4.69) is 68.3 Å². The number of hydrogen-bond acceptors (Lipinski definition) is 6. The SMILES string of the molecule is COc1cc(-c2ccc(N3C=NCC3)cc2)oc1-c1ccc(N2C=NCC2)cc1. The topological polar surface area (TPSA) is 53.6 Å². The monoisotopic (exact) mass is 386 g/mol. The van der Waals surface area contributed by atoms with Crippen molar-refractivity contribution in [1.82, 2.24) is 0 Å². The number of aliphatic imine (C=N–C) groups is 2. The van der Waals surface area contributed by atoms with E-state index in [0.29, 0.717) is 0 Å². The van der Waals surface area contributed by atoms with Gasteiger partial charge in [0.1, 0.15) is 5.76 Å². The van der Waals surface area contributed by atoms with Gasteiger partial charge in [0.2, 0.25) is 0 Å². The minimum absolute atomic E-state index is 0.728. The predicted molar refractivity (Wildman–Crippen MR) is 118 cm³/mol. The molecule has 0 amide bonds. The average molecular weight is 386 g/mol. The number of benzene rings is 2. The molecule has 0 saturated carbocycles. The van der Waals surface area contributed by atoms with Gasteiger partial charge >= 0.3 is 0 Å². The largest absolute Gasteiger partial charge is 0.493 e. The molecule has 0 bridgehead atoms. The third kappa shape index (κ3) is 3.38. The second-order valence-corrected chi connectivity index (χ2v) is 7.03. The molecule has 6 nitrogen and oxygen atoms in total. The molecule has 29 heavy (non-hydrogen) atoms. The summed E-state index contributed by atoms with van der Waals surface area (Å²) in [5, 5.41) is 0. The van der Waals surface area contributed by atoms with Crippen LogP contribution in [0.3, 0.4) is 0 Å². The van der Waals surface area contributed by atoms with Crippen LogP contribution in [0.15, 0.2) is 69.0 Å². The molecule has 3 heterocycles. The van der Waals surface area contributed by atoms with Gasteiger partial charge in [-0.1, -0.05) is 0 Å². The summed E-state index contributed by atoms with van der Waals surface area (Å²) in [6, 6.07) is 18.6. The minimum Gasteiger partial charge on any atom is -0.493 e. The standard InChI is InChI=1S/C23H22N4O2/c1-28-22-14-21(17-2-6-19(7-3-17)26-12-10-24-15-26)29-23(22)18-4-8-20(9-5-18)27-13-11-25-16-27/h2-9,14-16H,10-13H2,1H3. The summed E-state index contributed by atoms with van der Waals surface area (Å²) < 4.78 is 11.8. The number of furan rings is 1. The van der Waals surface area contributed by atoms with Crippen molar-refractivity contribution >= 4 is 24.1 Å². The van der Waals surface area contributed by atoms with Gasteiger partial charge in [0.25, 0.3) is 0 Å². The van der Waals surface area contributed by atoms with E-state index in [1.807, 2.05) is 18.7 Å². The van der Waals surface area contributed by atoms with E-state index in [9.17, 15) is 0 Å². The normalized spacial score (nSPS) is 15.5. The van der Waals surface area contributed by atoms with E-state index in [4.69, 9.17) is 9.15 Å². The Morgan fingerprint density at radius 3 is 1.83 bits per heavy atom. The number of nitrogens with zero attached hydrogens (tertiary/aromatic N) is 4. The third-order valence-corrected chi connectivity index (χ3v) is 5.24. The molecular formula is C23H22N4O2. The maximum absolute atomic E-state index is 6.20. The minimum atomic E-state index is 0.728. The summed E-state index contributed by atoms with van der Waals surface area (Å²) in [5.74, 6) is 2.25. The van der Waals surface area contributed by atoms with E-state index in [1.54, 1.807) is 7.11 Å². The van der Waals surface area contributed by atoms with Crippen molar-refractivity contribution in [3.63, 3.8) is 0 Å². The van der Waals surface area contributed by atoms with E-state index in [-0.39, 0.29) is 0 Å². The summed E-state index contributed by atoms with van der Waals surface area (Å²) >= 11 is 0. The zero-order chi connectivity index (χ0) is 19.6. The zero-order valence-electron chi connectivity index (χ0n) is 16.3. The summed E-state index contributed by atoms with van der Waals surface area (Å²) in [7, 11) is 1.67. The molecule has 0 unspecified atom stereocenters. The molecule has 0 aliphatic carbocycles. The molecule has 5 rings (SSSR count). The molecule has 0 N–H and O–H groups in total. The lowest BCUT2D eigenvalue weighted by Gasteiger charge is -2.14. The van der Waals surface area contributed by atoms with Crippen LogP contribution in [0.5, 0.6) is 5.75 Å². The van der Waals surface area contributed by atoms with E-state index in [0.717, 1.165) is 66.0 Å². The smallest absolute Gasteiger partial charge is 0.176 e. The summed E-state index contributed by atoms with van der Waals surface area (Å²) in [4.78, 5) is 12.8. The Balaban J connectivity index is 1.42. The fraction of sp³-hybridized carbons (Fsp3) is 0.217. The lowest BCUT2D eigenvalue weighted by atomic mass is 10.1. The molecule has 0 atom stereocenters. The number of rotatable bonds is 5. The van der Waals surface area contributed by atoms with E-state index in [1.165, 1.54) is 0 Å². The van der Waals surface area contributed by atoms with Gasteiger partial charge in [-0.15, -0.1) is 0 Å². The zero-order valence-corrected chi connectivity index (χ0v) is 16.3. The van der Waals surface area contributed by atoms with Crippen LogP contribution in [0.2, 0.25) is 0 Å². The number of hydrogen-bond donors (Lipinski definition) is 0. The third-order valence-electron chi connectivity index (χ3n) is 5.24. The molecule has 0 saturated heterocycles. The first-order valence-corrected chi connectivity index (χ1v) is 9.74. The number of anilines is 2. The van der Waals surface area contributed by atoms with Crippen LogP contribution in [-0.4, -0.2) is 46.0 Å². The Labute approximate surface area is 169 Å². The summed E-state index contributed by atoms with van der Waals surface area (Å²) in [6.07, 6.45) is 3.78. The van der Waals surface area contributed by atoms with Crippen LogP contribution in [0.1, 0.15) is 0 Å². The van der Waals surface area contributed by atoms with E-state index < -0.39 is 0 Å². The van der Waals surface area contributed by atoms with E-state index >= 15 is 0 Å². The van der Waals surface area contributed by atoms with Gasteiger partial charge in [-0.05, 0) is 48.5 Å². The lowest BCUT2D eigenvalue weighted by Crippen LogP contribution is -2.17. The van der Waals surface area contributed by atoms with Gasteiger partial charge in [0, 0.05) is 41.7 Å². The van der Waals surface area contributed by atoms with Crippen LogP contribution in [0.4, 0.5) is 11.4 Å². The Morgan fingerprint density at radius 1 is 0.793 bits per heavy atom. The molecule has 0 radical (unpaired) electrons. The van der Waals surface area contributed by atoms with Gasteiger partial charge in [-0.2, -0.15) is 0 Å². The van der Waals surface area contributed by atoms with Crippen molar-refractivity contribution < 1.29 is 9.15 Å². The average Bonchev–Trinajstić information content (AvgIpc) is 3.55. The van der Waals surface area contributed by atoms with Crippen LogP contribution in [0.25, 0.3) is 22.6 Å². The molecule has 1 aromatic heterocycles. The van der Waals surface area contributed by atoms with Crippen molar-refractivity contribution in [1.29, 1.82) is 0 Å². The van der Waals surface area contributed by atoms with Crippen LogP contribution < -0.4 is 14.5 Å². The first kappa shape index (κ1) is 17.6. The Hall–Kier alpha value is -3.54. The van der Waals surface area contributed by atoms with Crippen molar-refractivity contribution in [3.8, 4) is 28.4 Å². The summed E-state index contributed by atoms with van der Waals surface area (Å²) in [5.41, 5.74) is 4.26. The van der Waals surface area contributed by atoms with Gasteiger partial charge < -0.3 is 19.0 Å². The highest BCUT2D eigenvalue weighted by Crippen LogP contribution is 2.38. The second-order valence-electron chi connectivity index (χ2n) is 7.03. The Kier molecular flexibility index (Phi) is 4.52. The molecule has 2 aromatic carbocycles. The van der Waals surface area contributed by atoms with Crippen molar-refractivity contribution in [2.45, 2.75) is 0 Å². The van der Waals surface area contributed by atoms with Gasteiger partial charge in [-0.3, -0.25) is 9.98 Å². The lowest BCUT2D eigenvalue weighted by molar-refractivity contribution is 0.410. The number of ether oxygens (including phenoxy) is 1. The fourth-order valence-corrected chi connectivity index (χ4v) is 3.64. The van der Waals surface area contributed by atoms with Crippen molar-refractivity contribution in [2.24, 2.45) is 9.98 Å². The Bertz CT molecular complexity index is 1050. The summed E-state index contributed by atoms with van der Waals surface area (Å²) in [6.45, 7) is 3.55. The molecule has 6 heteroatoms. The maximum atomic E-state index is 6.20. The van der Waals surface area contributed by atoms with Crippen LogP contribution >= 0.6 is 0 Å². The molecular weight excluding hydrogens is 364 g/mol. The highest BCUT2D eigenvalue weighted by atomic mass is 16.5. The first-order chi connectivity index (χ1) is 14.3. The molecule has 2 aliphatic rings. The van der Waals surface area contributed by atoms with Gasteiger partial charge in [0.05, 0.1) is 32.9 Å². The quantitative estimate of drug-likeness (QED) is 0.655. The number of methoxy groups -OCH3 is 1. The molecule has 3 aromatic rings. The predicted octanol–water partition coefficient (Wildman–Crippen LogP) is 4.32. The first-order valence-electron chi connectivity index (χ1n) is 9.74.